The zero-order valence-electron chi connectivity index (χ0n) is 13.3. The van der Waals surface area contributed by atoms with Crippen LogP contribution in [0.3, 0.4) is 0 Å². The summed E-state index contributed by atoms with van der Waals surface area (Å²) in [5.41, 5.74) is 0.456. The molecule has 24 heavy (non-hydrogen) atoms. The van der Waals surface area contributed by atoms with Gasteiger partial charge >= 0.3 is 6.18 Å². The lowest BCUT2D eigenvalue weighted by Gasteiger charge is -2.20. The van der Waals surface area contributed by atoms with Gasteiger partial charge in [0, 0.05) is 31.0 Å². The first-order valence-corrected chi connectivity index (χ1v) is 7.82. The van der Waals surface area contributed by atoms with Gasteiger partial charge in [-0.1, -0.05) is 23.4 Å². The van der Waals surface area contributed by atoms with Gasteiger partial charge in [0.1, 0.15) is 5.76 Å². The van der Waals surface area contributed by atoms with Gasteiger partial charge in [-0.05, 0) is 18.6 Å². The Bertz CT molecular complexity index is 684. The maximum absolute atomic E-state index is 13.0. The molecule has 0 unspecified atom stereocenters. The summed E-state index contributed by atoms with van der Waals surface area (Å²) >= 11 is 0. The molecule has 0 radical (unpaired) electrons. The minimum Gasteiger partial charge on any atom is -0.379 e. The molecule has 0 bridgehead atoms. The largest absolute Gasteiger partial charge is 0.416 e. The molecule has 1 aliphatic heterocycles. The van der Waals surface area contributed by atoms with E-state index in [0.717, 1.165) is 17.5 Å². The van der Waals surface area contributed by atoms with Crippen molar-refractivity contribution >= 4 is 0 Å². The molecule has 1 fully saturated rings. The van der Waals surface area contributed by atoms with Gasteiger partial charge in [0.05, 0.1) is 24.5 Å². The molecule has 0 saturated carbocycles. The number of aromatic nitrogens is 1. The Balaban J connectivity index is 1.64. The second-order valence-electron chi connectivity index (χ2n) is 6.08. The van der Waals surface area contributed by atoms with Crippen LogP contribution in [-0.2, 0) is 23.9 Å². The van der Waals surface area contributed by atoms with Crippen LogP contribution in [0.2, 0.25) is 0 Å². The molecule has 2 atom stereocenters. The van der Waals surface area contributed by atoms with Crippen molar-refractivity contribution in [1.29, 1.82) is 0 Å². The van der Waals surface area contributed by atoms with Crippen LogP contribution in [-0.4, -0.2) is 24.4 Å². The van der Waals surface area contributed by atoms with E-state index in [0.29, 0.717) is 19.6 Å². The fourth-order valence-electron chi connectivity index (χ4n) is 2.99. The van der Waals surface area contributed by atoms with Gasteiger partial charge in [0.25, 0.3) is 0 Å². The van der Waals surface area contributed by atoms with Crippen LogP contribution in [0.25, 0.3) is 0 Å². The lowest BCUT2D eigenvalue weighted by molar-refractivity contribution is -0.138. The summed E-state index contributed by atoms with van der Waals surface area (Å²) in [6.07, 6.45) is -3.69. The number of alkyl halides is 3. The number of nitrogens with one attached hydrogen (secondary N) is 1. The van der Waals surface area contributed by atoms with Crippen molar-refractivity contribution in [2.45, 2.75) is 32.1 Å². The number of halogens is 3. The average Bonchev–Trinajstić information content (AvgIpc) is 3.14. The van der Waals surface area contributed by atoms with Crippen LogP contribution in [0.4, 0.5) is 13.2 Å². The highest BCUT2D eigenvalue weighted by atomic mass is 19.4. The van der Waals surface area contributed by atoms with Crippen molar-refractivity contribution < 1.29 is 22.4 Å². The predicted molar refractivity (Wildman–Crippen MR) is 81.3 cm³/mol. The van der Waals surface area contributed by atoms with Gasteiger partial charge < -0.3 is 14.6 Å². The molecule has 3 rings (SSSR count). The van der Waals surface area contributed by atoms with Crippen LogP contribution >= 0.6 is 0 Å². The molecule has 1 saturated heterocycles. The first-order chi connectivity index (χ1) is 11.4. The lowest BCUT2D eigenvalue weighted by atomic mass is 9.97. The Morgan fingerprint density at radius 1 is 1.25 bits per heavy atom. The fraction of sp³-hybridized carbons (Fsp3) is 0.471. The van der Waals surface area contributed by atoms with E-state index in [4.69, 9.17) is 9.26 Å². The number of benzene rings is 1. The van der Waals surface area contributed by atoms with Crippen LogP contribution in [0.15, 0.2) is 34.9 Å². The summed E-state index contributed by atoms with van der Waals surface area (Å²) in [7, 11) is 0. The molecule has 2 aromatic rings. The van der Waals surface area contributed by atoms with Gasteiger partial charge in [-0.25, -0.2) is 0 Å². The van der Waals surface area contributed by atoms with Crippen molar-refractivity contribution in [1.82, 2.24) is 10.5 Å². The molecule has 0 spiro atoms. The van der Waals surface area contributed by atoms with Crippen molar-refractivity contribution in [2.24, 2.45) is 5.92 Å². The summed E-state index contributed by atoms with van der Waals surface area (Å²) in [6.45, 7) is 3.03. The first kappa shape index (κ1) is 17.0. The van der Waals surface area contributed by atoms with E-state index in [9.17, 15) is 13.2 Å². The van der Waals surface area contributed by atoms with Gasteiger partial charge in [-0.3, -0.25) is 0 Å². The highest BCUT2D eigenvalue weighted by molar-refractivity contribution is 5.29. The Hall–Kier alpha value is -1.86. The Morgan fingerprint density at radius 3 is 2.75 bits per heavy atom. The van der Waals surface area contributed by atoms with Crippen molar-refractivity contribution in [3.63, 3.8) is 0 Å². The Kier molecular flexibility index (Phi) is 4.91. The topological polar surface area (TPSA) is 47.3 Å². The summed E-state index contributed by atoms with van der Waals surface area (Å²) < 4.78 is 49.8. The normalized spacial score (nSPS) is 21.3. The molecule has 1 aromatic carbocycles. The maximum atomic E-state index is 13.0. The number of ether oxygens (including phenoxy) is 1. The van der Waals surface area contributed by atoms with E-state index < -0.39 is 11.7 Å². The molecule has 1 N–H and O–H groups in total. The van der Waals surface area contributed by atoms with Crippen molar-refractivity contribution in [2.75, 3.05) is 13.2 Å². The minimum atomic E-state index is -4.35. The number of hydrogen-bond acceptors (Lipinski definition) is 4. The molecular weight excluding hydrogens is 321 g/mol. The van der Waals surface area contributed by atoms with E-state index in [1.165, 1.54) is 12.1 Å². The minimum absolute atomic E-state index is 0.0169. The predicted octanol–water partition coefficient (Wildman–Crippen LogP) is 3.35. The third kappa shape index (κ3) is 3.96. The molecule has 7 heteroatoms. The molecule has 1 aliphatic rings. The zero-order chi connectivity index (χ0) is 17.2. The van der Waals surface area contributed by atoms with Gasteiger partial charge in [0.15, 0.2) is 0 Å². The van der Waals surface area contributed by atoms with E-state index in [1.54, 1.807) is 6.07 Å². The van der Waals surface area contributed by atoms with Gasteiger partial charge in [-0.15, -0.1) is 0 Å². The summed E-state index contributed by atoms with van der Waals surface area (Å²) in [6, 6.07) is 7.48. The fourth-order valence-corrected chi connectivity index (χ4v) is 2.99. The zero-order valence-corrected chi connectivity index (χ0v) is 13.3. The van der Waals surface area contributed by atoms with Gasteiger partial charge in [0.2, 0.25) is 0 Å². The van der Waals surface area contributed by atoms with E-state index in [-0.39, 0.29) is 24.1 Å². The molecule has 0 amide bonds. The Labute approximate surface area is 138 Å². The van der Waals surface area contributed by atoms with Crippen molar-refractivity contribution in [3.05, 3.63) is 52.9 Å². The molecular formula is C17H19F3N2O2. The molecule has 1 aromatic heterocycles. The SMILES string of the molecule is Cc1cc(C[C@@H]2COC[C@H]2NCc2ccccc2C(F)(F)F)on1. The quantitative estimate of drug-likeness (QED) is 0.907. The summed E-state index contributed by atoms with van der Waals surface area (Å²) in [5.74, 6) is 0.917. The third-order valence-corrected chi connectivity index (χ3v) is 4.22. The smallest absolute Gasteiger partial charge is 0.379 e. The second-order valence-corrected chi connectivity index (χ2v) is 6.08. The molecule has 4 nitrogen and oxygen atoms in total. The first-order valence-electron chi connectivity index (χ1n) is 7.82. The highest BCUT2D eigenvalue weighted by Gasteiger charge is 2.34. The van der Waals surface area contributed by atoms with Crippen LogP contribution < -0.4 is 5.32 Å². The van der Waals surface area contributed by atoms with E-state index in [1.807, 2.05) is 13.0 Å². The lowest BCUT2D eigenvalue weighted by Crippen LogP contribution is -2.36. The number of nitrogens with zero attached hydrogens (tertiary/aromatic N) is 1. The molecule has 130 valence electrons. The standard InChI is InChI=1S/C17H19F3N2O2/c1-11-6-14(24-22-11)7-13-9-23-10-16(13)21-8-12-4-2-3-5-15(12)17(18,19)20/h2-6,13,16,21H,7-10H2,1H3/t13-,16-/m1/s1. The third-order valence-electron chi connectivity index (χ3n) is 4.22. The number of hydrogen-bond donors (Lipinski definition) is 1. The van der Waals surface area contributed by atoms with Crippen LogP contribution in [0, 0.1) is 12.8 Å². The highest BCUT2D eigenvalue weighted by Crippen LogP contribution is 2.32. The number of aryl methyl sites for hydroxylation is 1. The maximum Gasteiger partial charge on any atom is 0.416 e. The Morgan fingerprint density at radius 2 is 2.04 bits per heavy atom. The summed E-state index contributed by atoms with van der Waals surface area (Å²) in [5, 5.41) is 7.06. The second kappa shape index (κ2) is 6.94. The van der Waals surface area contributed by atoms with Gasteiger partial charge in [-0.2, -0.15) is 13.2 Å². The molecule has 2 heterocycles. The molecule has 0 aliphatic carbocycles. The van der Waals surface area contributed by atoms with Crippen molar-refractivity contribution in [3.8, 4) is 0 Å². The van der Waals surface area contributed by atoms with Crippen LogP contribution in [0.5, 0.6) is 0 Å². The van der Waals surface area contributed by atoms with E-state index >= 15 is 0 Å². The summed E-state index contributed by atoms with van der Waals surface area (Å²) in [4.78, 5) is 0. The average molecular weight is 340 g/mol. The van der Waals surface area contributed by atoms with Crippen LogP contribution in [0.1, 0.15) is 22.6 Å². The van der Waals surface area contributed by atoms with E-state index in [2.05, 4.69) is 10.5 Å². The number of rotatable bonds is 5. The monoisotopic (exact) mass is 340 g/mol.